The van der Waals surface area contributed by atoms with Crippen LogP contribution in [0.25, 0.3) is 22.6 Å². The Labute approximate surface area is 149 Å². The predicted molar refractivity (Wildman–Crippen MR) is 93.8 cm³/mol. The number of aromatic amines is 1. The van der Waals surface area contributed by atoms with Gasteiger partial charge in [0.05, 0.1) is 23.1 Å². The van der Waals surface area contributed by atoms with Crippen LogP contribution in [0, 0.1) is 12.7 Å². The largest absolute Gasteiger partial charge is 0.309 e. The van der Waals surface area contributed by atoms with Crippen LogP contribution in [0.1, 0.15) is 36.9 Å². The zero-order valence-electron chi connectivity index (χ0n) is 14.4. The van der Waals surface area contributed by atoms with Crippen LogP contribution in [0.2, 0.25) is 0 Å². The van der Waals surface area contributed by atoms with E-state index in [-0.39, 0.29) is 11.8 Å². The van der Waals surface area contributed by atoms with Gasteiger partial charge in [0.2, 0.25) is 5.91 Å². The van der Waals surface area contributed by atoms with Crippen LogP contribution in [0.5, 0.6) is 0 Å². The van der Waals surface area contributed by atoms with Gasteiger partial charge in [-0.25, -0.2) is 19.3 Å². The molecule has 0 radical (unpaired) electrons. The summed E-state index contributed by atoms with van der Waals surface area (Å²) < 4.78 is 14.6. The first-order valence-electron chi connectivity index (χ1n) is 8.40. The standard InChI is InChI=1S/C18H17FN6O/c1-3-10-5-15(26)24-18-16(10)23-14(7-20-18)11-6-13(19)12(4-9(11)2)17-21-8-22-25-17/h4,6-8,10H,3,5H2,1-2H3,(H,20,24,26)(H,21,22,25). The zero-order valence-corrected chi connectivity index (χ0v) is 14.4. The number of carbonyl (C=O) groups excluding carboxylic acids is 1. The second-order valence-electron chi connectivity index (χ2n) is 6.32. The summed E-state index contributed by atoms with van der Waals surface area (Å²) in [5.41, 5.74) is 3.16. The van der Waals surface area contributed by atoms with Crippen molar-refractivity contribution >= 4 is 11.7 Å². The number of fused-ring (bicyclic) bond motifs is 1. The van der Waals surface area contributed by atoms with Crippen molar-refractivity contribution in [3.8, 4) is 22.6 Å². The van der Waals surface area contributed by atoms with E-state index in [9.17, 15) is 9.18 Å². The van der Waals surface area contributed by atoms with Crippen LogP contribution < -0.4 is 5.32 Å². The normalized spacial score (nSPS) is 16.3. The third-order valence-corrected chi connectivity index (χ3v) is 4.61. The molecule has 4 rings (SSSR count). The predicted octanol–water partition coefficient (Wildman–Crippen LogP) is 3.21. The maximum Gasteiger partial charge on any atom is 0.226 e. The van der Waals surface area contributed by atoms with Gasteiger partial charge in [-0.3, -0.25) is 9.89 Å². The first-order chi connectivity index (χ1) is 12.6. The Hall–Kier alpha value is -3.16. The number of nitrogens with one attached hydrogen (secondary N) is 2. The van der Waals surface area contributed by atoms with Crippen molar-refractivity contribution < 1.29 is 9.18 Å². The fourth-order valence-corrected chi connectivity index (χ4v) is 3.22. The number of benzene rings is 1. The van der Waals surface area contributed by atoms with Crippen molar-refractivity contribution in [2.24, 2.45) is 0 Å². The minimum Gasteiger partial charge on any atom is -0.309 e. The third kappa shape index (κ3) is 2.73. The second-order valence-corrected chi connectivity index (χ2v) is 6.32. The number of hydrogen-bond acceptors (Lipinski definition) is 5. The molecule has 26 heavy (non-hydrogen) atoms. The number of aryl methyl sites for hydroxylation is 1. The van der Waals surface area contributed by atoms with E-state index in [1.165, 1.54) is 12.4 Å². The molecule has 0 saturated carbocycles. The van der Waals surface area contributed by atoms with E-state index in [2.05, 4.69) is 30.5 Å². The Balaban J connectivity index is 1.79. The van der Waals surface area contributed by atoms with Crippen molar-refractivity contribution in [3.63, 3.8) is 0 Å². The van der Waals surface area contributed by atoms with Crippen molar-refractivity contribution in [3.05, 3.63) is 41.7 Å². The topological polar surface area (TPSA) is 96.5 Å². The minimum atomic E-state index is -0.426. The van der Waals surface area contributed by atoms with Crippen molar-refractivity contribution in [1.82, 2.24) is 25.1 Å². The second kappa shape index (κ2) is 6.29. The zero-order chi connectivity index (χ0) is 18.3. The highest BCUT2D eigenvalue weighted by atomic mass is 19.1. The molecular weight excluding hydrogens is 335 g/mol. The fraction of sp³-hybridized carbons (Fsp3) is 0.278. The van der Waals surface area contributed by atoms with Crippen molar-refractivity contribution in [2.45, 2.75) is 32.6 Å². The van der Waals surface area contributed by atoms with Crippen LogP contribution in [-0.2, 0) is 4.79 Å². The van der Waals surface area contributed by atoms with Crippen LogP contribution in [0.15, 0.2) is 24.7 Å². The molecule has 3 aromatic rings. The van der Waals surface area contributed by atoms with E-state index in [1.807, 2.05) is 13.8 Å². The molecule has 132 valence electrons. The quantitative estimate of drug-likeness (QED) is 0.754. The smallest absolute Gasteiger partial charge is 0.226 e. The number of rotatable bonds is 3. The van der Waals surface area contributed by atoms with Gasteiger partial charge in [0.25, 0.3) is 0 Å². The summed E-state index contributed by atoms with van der Waals surface area (Å²) in [6, 6.07) is 3.13. The first-order valence-corrected chi connectivity index (χ1v) is 8.40. The number of aromatic nitrogens is 5. The SMILES string of the molecule is CCC1CC(=O)Nc2ncc(-c3cc(F)c(-c4nc[nH]n4)cc3C)nc21. The summed E-state index contributed by atoms with van der Waals surface area (Å²) in [5, 5.41) is 9.27. The van der Waals surface area contributed by atoms with Gasteiger partial charge in [-0.2, -0.15) is 5.10 Å². The molecule has 2 aromatic heterocycles. The number of halogens is 1. The van der Waals surface area contributed by atoms with Crippen LogP contribution >= 0.6 is 0 Å². The Kier molecular flexibility index (Phi) is 3.95. The van der Waals surface area contributed by atoms with E-state index in [0.717, 1.165) is 17.7 Å². The molecule has 1 atom stereocenters. The molecule has 1 aliphatic rings. The van der Waals surface area contributed by atoms with E-state index in [1.54, 1.807) is 12.3 Å². The molecule has 1 amide bonds. The Morgan fingerprint density at radius 3 is 2.85 bits per heavy atom. The molecule has 0 fully saturated rings. The molecule has 0 saturated heterocycles. The summed E-state index contributed by atoms with van der Waals surface area (Å²) in [6.07, 6.45) is 4.14. The molecular formula is C18H17FN6O. The number of hydrogen-bond donors (Lipinski definition) is 2. The molecule has 1 unspecified atom stereocenters. The lowest BCUT2D eigenvalue weighted by Gasteiger charge is -2.23. The molecule has 1 aliphatic heterocycles. The van der Waals surface area contributed by atoms with E-state index in [4.69, 9.17) is 0 Å². The number of carbonyl (C=O) groups is 1. The summed E-state index contributed by atoms with van der Waals surface area (Å²) in [4.78, 5) is 24.8. The average molecular weight is 352 g/mol. The van der Waals surface area contributed by atoms with Gasteiger partial charge in [-0.1, -0.05) is 6.92 Å². The summed E-state index contributed by atoms with van der Waals surface area (Å²) in [7, 11) is 0. The van der Waals surface area contributed by atoms with E-state index < -0.39 is 5.82 Å². The Morgan fingerprint density at radius 2 is 2.12 bits per heavy atom. The fourth-order valence-electron chi connectivity index (χ4n) is 3.22. The minimum absolute atomic E-state index is 0.0175. The molecule has 0 bridgehead atoms. The molecule has 3 heterocycles. The average Bonchev–Trinajstić information content (AvgIpc) is 3.16. The highest BCUT2D eigenvalue weighted by molar-refractivity contribution is 5.93. The van der Waals surface area contributed by atoms with Gasteiger partial charge in [-0.05, 0) is 31.0 Å². The van der Waals surface area contributed by atoms with Gasteiger partial charge >= 0.3 is 0 Å². The summed E-state index contributed by atoms with van der Waals surface area (Å²) in [5.74, 6) is 0.341. The molecule has 8 heteroatoms. The third-order valence-electron chi connectivity index (χ3n) is 4.61. The molecule has 0 spiro atoms. The van der Waals surface area contributed by atoms with Gasteiger partial charge < -0.3 is 5.32 Å². The summed E-state index contributed by atoms with van der Waals surface area (Å²) >= 11 is 0. The Bertz CT molecular complexity index is 986. The number of amides is 1. The Morgan fingerprint density at radius 1 is 1.27 bits per heavy atom. The van der Waals surface area contributed by atoms with Crippen LogP contribution in [0.3, 0.4) is 0 Å². The number of nitrogens with zero attached hydrogens (tertiary/aromatic N) is 4. The van der Waals surface area contributed by atoms with Gasteiger partial charge in [0, 0.05) is 17.9 Å². The molecule has 1 aromatic carbocycles. The lowest BCUT2D eigenvalue weighted by Crippen LogP contribution is -2.24. The molecule has 2 N–H and O–H groups in total. The van der Waals surface area contributed by atoms with E-state index >= 15 is 0 Å². The highest BCUT2D eigenvalue weighted by Crippen LogP contribution is 2.34. The maximum absolute atomic E-state index is 14.6. The summed E-state index contributed by atoms with van der Waals surface area (Å²) in [6.45, 7) is 3.89. The van der Waals surface area contributed by atoms with E-state index in [0.29, 0.717) is 34.9 Å². The number of anilines is 1. The lowest BCUT2D eigenvalue weighted by molar-refractivity contribution is -0.116. The maximum atomic E-state index is 14.6. The van der Waals surface area contributed by atoms with Gasteiger partial charge in [-0.15, -0.1) is 0 Å². The highest BCUT2D eigenvalue weighted by Gasteiger charge is 2.27. The number of H-pyrrole nitrogens is 1. The van der Waals surface area contributed by atoms with Crippen molar-refractivity contribution in [2.75, 3.05) is 5.32 Å². The molecule has 7 nitrogen and oxygen atoms in total. The van der Waals surface area contributed by atoms with Crippen LogP contribution in [0.4, 0.5) is 10.2 Å². The van der Waals surface area contributed by atoms with Gasteiger partial charge in [0.1, 0.15) is 12.1 Å². The van der Waals surface area contributed by atoms with Crippen molar-refractivity contribution in [1.29, 1.82) is 0 Å². The lowest BCUT2D eigenvalue weighted by atomic mass is 9.94. The van der Waals surface area contributed by atoms with Crippen LogP contribution in [-0.4, -0.2) is 31.1 Å². The monoisotopic (exact) mass is 352 g/mol. The first kappa shape index (κ1) is 16.3. The molecule has 0 aliphatic carbocycles. The van der Waals surface area contributed by atoms with Gasteiger partial charge in [0.15, 0.2) is 11.6 Å².